The van der Waals surface area contributed by atoms with E-state index in [4.69, 9.17) is 0 Å². The van der Waals surface area contributed by atoms with Crippen LogP contribution >= 0.6 is 0 Å². The molecule has 6 nitrogen and oxygen atoms in total. The first-order chi connectivity index (χ1) is 13.0. The van der Waals surface area contributed by atoms with Crippen molar-refractivity contribution in [2.45, 2.75) is 24.6 Å². The molecule has 1 rings (SSSR count). The Morgan fingerprint density at radius 3 is 1.69 bits per heavy atom. The van der Waals surface area contributed by atoms with E-state index in [-0.39, 0.29) is 0 Å². The Bertz CT molecular complexity index is 753. The van der Waals surface area contributed by atoms with E-state index in [9.17, 15) is 53.9 Å². The minimum absolute atomic E-state index is 0.447. The number of rotatable bonds is 5. The van der Waals surface area contributed by atoms with Gasteiger partial charge in [0.15, 0.2) is 0 Å². The van der Waals surface area contributed by atoms with Crippen LogP contribution in [0.4, 0.5) is 39.5 Å². The average Bonchev–Trinajstić information content (AvgIpc) is 2.56. The topological polar surface area (TPSA) is 81.7 Å². The maximum absolute atomic E-state index is 12.3. The molecule has 0 aliphatic carbocycles. The molecule has 1 unspecified atom stereocenters. The first-order valence-corrected chi connectivity index (χ1v) is 7.03. The molecule has 29 heavy (non-hydrogen) atoms. The zero-order valence-electron chi connectivity index (χ0n) is 13.5. The van der Waals surface area contributed by atoms with E-state index >= 15 is 0 Å². The van der Waals surface area contributed by atoms with Gasteiger partial charge in [-0.2, -0.15) is 39.5 Å². The predicted octanol–water partition coefficient (Wildman–Crippen LogP) is 2.98. The third-order valence-corrected chi connectivity index (χ3v) is 2.88. The maximum Gasteiger partial charge on any atom is 0.491 e. The Morgan fingerprint density at radius 2 is 1.28 bits per heavy atom. The van der Waals surface area contributed by atoms with Gasteiger partial charge in [-0.1, -0.05) is 12.1 Å². The van der Waals surface area contributed by atoms with Crippen LogP contribution < -0.4 is 10.1 Å². The van der Waals surface area contributed by atoms with Crippen LogP contribution in [0.15, 0.2) is 24.3 Å². The second-order valence-corrected chi connectivity index (χ2v) is 5.06. The van der Waals surface area contributed by atoms with Gasteiger partial charge < -0.3 is 14.8 Å². The van der Waals surface area contributed by atoms with Gasteiger partial charge in [-0.05, 0) is 17.7 Å². The smallest absolute Gasteiger partial charge is 0.449 e. The molecular weight excluding hydrogens is 433 g/mol. The van der Waals surface area contributed by atoms with Crippen LogP contribution in [-0.4, -0.2) is 42.9 Å². The first-order valence-electron chi connectivity index (χ1n) is 7.03. The number of benzene rings is 1. The molecule has 0 spiro atoms. The monoisotopic (exact) mass is 441 g/mol. The Morgan fingerprint density at radius 1 is 0.793 bits per heavy atom. The molecule has 0 saturated carbocycles. The quantitative estimate of drug-likeness (QED) is 0.432. The van der Waals surface area contributed by atoms with Crippen LogP contribution in [0.5, 0.6) is 5.75 Å². The minimum Gasteiger partial charge on any atom is -0.449 e. The largest absolute Gasteiger partial charge is 0.491 e. The molecule has 0 saturated heterocycles. The van der Waals surface area contributed by atoms with Crippen LogP contribution in [0.3, 0.4) is 0 Å². The summed E-state index contributed by atoms with van der Waals surface area (Å²) in [6.07, 6.45) is -18.3. The van der Waals surface area contributed by atoms with Crippen LogP contribution in [0.1, 0.15) is 11.7 Å². The lowest BCUT2D eigenvalue weighted by atomic mass is 10.1. The summed E-state index contributed by atoms with van der Waals surface area (Å²) >= 11 is 0. The van der Waals surface area contributed by atoms with Crippen molar-refractivity contribution in [2.75, 3.05) is 6.54 Å². The fourth-order valence-electron chi connectivity index (χ4n) is 1.62. The van der Waals surface area contributed by atoms with E-state index in [0.29, 0.717) is 24.3 Å². The van der Waals surface area contributed by atoms with Gasteiger partial charge in [0.25, 0.3) is 0 Å². The van der Waals surface area contributed by atoms with Crippen molar-refractivity contribution in [3.05, 3.63) is 29.8 Å². The third-order valence-electron chi connectivity index (χ3n) is 2.88. The SMILES string of the molecule is O=C(NCC(OC(=O)C(F)(F)F)c1ccc(OC(=O)C(F)(F)F)cc1)C(F)(F)F. The molecule has 1 amide bonds. The normalized spacial score (nSPS) is 13.4. The molecule has 162 valence electrons. The number of alkyl halides is 9. The lowest BCUT2D eigenvalue weighted by molar-refractivity contribution is -0.205. The molecule has 15 heteroatoms. The first kappa shape index (κ1) is 24.0. The van der Waals surface area contributed by atoms with Crippen LogP contribution in [-0.2, 0) is 19.1 Å². The molecular formula is C14H8F9NO5. The molecule has 0 aromatic heterocycles. The number of esters is 2. The summed E-state index contributed by atoms with van der Waals surface area (Å²) in [6, 6.07) is 2.73. The number of halogens is 9. The van der Waals surface area contributed by atoms with Crippen molar-refractivity contribution in [3.63, 3.8) is 0 Å². The Balaban J connectivity index is 3.01. The lowest BCUT2D eigenvalue weighted by Gasteiger charge is -2.20. The van der Waals surface area contributed by atoms with Gasteiger partial charge in [0.1, 0.15) is 11.9 Å². The summed E-state index contributed by atoms with van der Waals surface area (Å²) in [6.45, 7) is -1.25. The molecule has 1 aromatic carbocycles. The fourth-order valence-corrected chi connectivity index (χ4v) is 1.62. The molecule has 1 atom stereocenters. The average molecular weight is 441 g/mol. The van der Waals surface area contributed by atoms with Crippen molar-refractivity contribution < 1.29 is 63.4 Å². The number of carbonyl (C=O) groups is 3. The third kappa shape index (κ3) is 7.50. The van der Waals surface area contributed by atoms with Crippen molar-refractivity contribution in [2.24, 2.45) is 0 Å². The highest BCUT2D eigenvalue weighted by atomic mass is 19.4. The van der Waals surface area contributed by atoms with Crippen molar-refractivity contribution >= 4 is 17.8 Å². The molecule has 0 aliphatic rings. The number of ether oxygens (including phenoxy) is 2. The minimum atomic E-state index is -5.52. The molecule has 0 bridgehead atoms. The van der Waals surface area contributed by atoms with E-state index in [2.05, 4.69) is 9.47 Å². The van der Waals surface area contributed by atoms with Gasteiger partial charge in [0.2, 0.25) is 0 Å². The van der Waals surface area contributed by atoms with E-state index in [1.165, 1.54) is 5.32 Å². The number of hydrogen-bond donors (Lipinski definition) is 1. The molecule has 0 heterocycles. The van der Waals surface area contributed by atoms with Crippen molar-refractivity contribution in [1.29, 1.82) is 0 Å². The second-order valence-electron chi connectivity index (χ2n) is 5.06. The van der Waals surface area contributed by atoms with Gasteiger partial charge in [-0.25, -0.2) is 9.59 Å². The highest BCUT2D eigenvalue weighted by Gasteiger charge is 2.44. The van der Waals surface area contributed by atoms with Crippen molar-refractivity contribution in [3.8, 4) is 5.75 Å². The maximum atomic E-state index is 12.3. The zero-order chi connectivity index (χ0) is 22.6. The predicted molar refractivity (Wildman–Crippen MR) is 72.1 cm³/mol. The van der Waals surface area contributed by atoms with Gasteiger partial charge in [-0.3, -0.25) is 4.79 Å². The highest BCUT2D eigenvalue weighted by molar-refractivity contribution is 5.81. The van der Waals surface area contributed by atoms with E-state index in [1.807, 2.05) is 0 Å². The molecule has 0 aliphatic heterocycles. The fraction of sp³-hybridized carbons (Fsp3) is 0.357. The molecule has 1 aromatic rings. The number of nitrogens with one attached hydrogen (secondary N) is 1. The Hall–Kier alpha value is -3.00. The summed E-state index contributed by atoms with van der Waals surface area (Å²) in [5.41, 5.74) is -0.447. The van der Waals surface area contributed by atoms with Gasteiger partial charge in [-0.15, -0.1) is 0 Å². The summed E-state index contributed by atoms with van der Waals surface area (Å²) in [4.78, 5) is 32.4. The number of amides is 1. The summed E-state index contributed by atoms with van der Waals surface area (Å²) < 4.78 is 118. The van der Waals surface area contributed by atoms with Crippen LogP contribution in [0.2, 0.25) is 0 Å². The van der Waals surface area contributed by atoms with Gasteiger partial charge >= 0.3 is 36.4 Å². The van der Waals surface area contributed by atoms with E-state index in [0.717, 1.165) is 0 Å². The van der Waals surface area contributed by atoms with E-state index < -0.39 is 60.3 Å². The zero-order valence-corrected chi connectivity index (χ0v) is 13.5. The Kier molecular flexibility index (Phi) is 7.10. The summed E-state index contributed by atoms with van der Waals surface area (Å²) in [5, 5.41) is 1.20. The lowest BCUT2D eigenvalue weighted by Crippen LogP contribution is -2.40. The van der Waals surface area contributed by atoms with Gasteiger partial charge in [0, 0.05) is 0 Å². The summed E-state index contributed by atoms with van der Waals surface area (Å²) in [5.74, 6) is -8.66. The number of carbonyl (C=O) groups excluding carboxylic acids is 3. The van der Waals surface area contributed by atoms with Crippen LogP contribution in [0.25, 0.3) is 0 Å². The molecule has 1 N–H and O–H groups in total. The van der Waals surface area contributed by atoms with E-state index in [1.54, 1.807) is 0 Å². The summed E-state index contributed by atoms with van der Waals surface area (Å²) in [7, 11) is 0. The van der Waals surface area contributed by atoms with Gasteiger partial charge in [0.05, 0.1) is 6.54 Å². The van der Waals surface area contributed by atoms with Crippen LogP contribution in [0, 0.1) is 0 Å². The Labute approximate surface area is 154 Å². The molecule has 0 fully saturated rings. The standard InChI is InChI=1S/C14H8F9NO5/c15-12(16,17)9(25)24-5-8(29-11(27)14(21,22)23)6-1-3-7(4-2-6)28-10(26)13(18,19)20/h1-4,8H,5H2,(H,24,25). The highest BCUT2D eigenvalue weighted by Crippen LogP contribution is 2.26. The second kappa shape index (κ2) is 8.57. The number of hydrogen-bond acceptors (Lipinski definition) is 5. The van der Waals surface area contributed by atoms with Crippen molar-refractivity contribution in [1.82, 2.24) is 5.32 Å². The molecule has 0 radical (unpaired) electrons.